The Morgan fingerprint density at radius 3 is 2.53 bits per heavy atom. The number of hydrogen-bond donors (Lipinski definition) is 2. The molecular weight excluding hydrogens is 569 g/mol. The van der Waals surface area contributed by atoms with Crippen molar-refractivity contribution < 1.29 is 14.4 Å². The van der Waals surface area contributed by atoms with E-state index in [9.17, 15) is 14.4 Å². The van der Waals surface area contributed by atoms with Gasteiger partial charge < -0.3 is 15.5 Å². The van der Waals surface area contributed by atoms with E-state index in [2.05, 4.69) is 38.2 Å². The van der Waals surface area contributed by atoms with Crippen molar-refractivity contribution in [2.75, 3.05) is 43.5 Å². The summed E-state index contributed by atoms with van der Waals surface area (Å²) < 4.78 is 2.71. The second kappa shape index (κ2) is 11.0. The van der Waals surface area contributed by atoms with Gasteiger partial charge in [-0.3, -0.25) is 9.80 Å². The van der Waals surface area contributed by atoms with E-state index in [1.54, 1.807) is 32.4 Å². The summed E-state index contributed by atoms with van der Waals surface area (Å²) in [6.07, 6.45) is 4.26. The van der Waals surface area contributed by atoms with E-state index in [0.29, 0.717) is 50.7 Å². The Morgan fingerprint density at radius 1 is 1.18 bits per heavy atom. The van der Waals surface area contributed by atoms with E-state index < -0.39 is 12.1 Å². The molecule has 2 aromatic rings. The number of rotatable bonds is 7. The van der Waals surface area contributed by atoms with Crippen LogP contribution in [0.3, 0.4) is 0 Å². The summed E-state index contributed by atoms with van der Waals surface area (Å²) in [5.41, 5.74) is 1.55. The predicted molar refractivity (Wildman–Crippen MR) is 140 cm³/mol. The molecule has 2 aliphatic rings. The van der Waals surface area contributed by atoms with E-state index in [4.69, 9.17) is 0 Å². The SMILES string of the molecule is CSCC[C@@H](NC(=O)Nc1ccc(I)cc1)C(=O)N1CCN(N2Cc3cnc(C)n3C2=O)CC1. The van der Waals surface area contributed by atoms with Crippen LogP contribution in [0.15, 0.2) is 30.5 Å². The lowest BCUT2D eigenvalue weighted by Crippen LogP contribution is -2.58. The van der Waals surface area contributed by atoms with Gasteiger partial charge in [0.25, 0.3) is 0 Å². The Balaban J connectivity index is 1.33. The van der Waals surface area contributed by atoms with Crippen LogP contribution in [0, 0.1) is 10.5 Å². The molecule has 1 fully saturated rings. The number of carbonyl (C=O) groups is 3. The van der Waals surface area contributed by atoms with Crippen LogP contribution in [0.2, 0.25) is 0 Å². The molecule has 1 aromatic carbocycles. The minimum absolute atomic E-state index is 0.0921. The Bertz CT molecular complexity index is 1050. The Hall–Kier alpha value is -2.32. The number of fused-ring (bicyclic) bond motifs is 1. The van der Waals surface area contributed by atoms with E-state index in [1.165, 1.54) is 0 Å². The number of urea groups is 1. The molecule has 1 atom stereocenters. The summed E-state index contributed by atoms with van der Waals surface area (Å²) in [5.74, 6) is 1.35. The van der Waals surface area contributed by atoms with E-state index >= 15 is 0 Å². The molecule has 2 N–H and O–H groups in total. The van der Waals surface area contributed by atoms with Crippen molar-refractivity contribution in [1.82, 2.24) is 29.8 Å². The molecule has 0 unspecified atom stereocenters. The highest BCUT2D eigenvalue weighted by molar-refractivity contribution is 14.1. The summed E-state index contributed by atoms with van der Waals surface area (Å²) in [7, 11) is 0. The molecule has 4 rings (SSSR count). The van der Waals surface area contributed by atoms with Crippen LogP contribution in [0.5, 0.6) is 0 Å². The number of hydrogen-bond acceptors (Lipinski definition) is 6. The monoisotopic (exact) mass is 597 g/mol. The molecule has 0 spiro atoms. The third-order valence-corrected chi connectivity index (χ3v) is 7.32. The maximum atomic E-state index is 13.3. The first kappa shape index (κ1) is 24.8. The standard InChI is InChI=1S/C22H28IN7O3S/c1-15-24-13-18-14-29(22(33)30(15)18)28-10-8-27(9-11-28)20(31)19(7-12-34-2)26-21(32)25-17-5-3-16(23)4-6-17/h3-6,13,19H,7-12,14H2,1-2H3,(H2,25,26,32)/t19-/m1/s1. The van der Waals surface area contributed by atoms with Crippen LogP contribution >= 0.6 is 34.4 Å². The predicted octanol–water partition coefficient (Wildman–Crippen LogP) is 2.58. The van der Waals surface area contributed by atoms with Gasteiger partial charge in [-0.15, -0.1) is 0 Å². The van der Waals surface area contributed by atoms with Gasteiger partial charge in [0.05, 0.1) is 18.4 Å². The molecule has 0 radical (unpaired) electrons. The van der Waals surface area contributed by atoms with Crippen LogP contribution in [-0.4, -0.2) is 86.7 Å². The number of hydrazine groups is 1. The summed E-state index contributed by atoms with van der Waals surface area (Å²) in [6.45, 7) is 4.40. The van der Waals surface area contributed by atoms with Gasteiger partial charge in [0.15, 0.2) is 0 Å². The second-order valence-electron chi connectivity index (χ2n) is 8.19. The minimum atomic E-state index is -0.606. The minimum Gasteiger partial charge on any atom is -0.338 e. The summed E-state index contributed by atoms with van der Waals surface area (Å²) in [5, 5.41) is 9.38. The third kappa shape index (κ3) is 5.49. The number of nitrogens with one attached hydrogen (secondary N) is 2. The average molecular weight is 597 g/mol. The van der Waals surface area contributed by atoms with Crippen LogP contribution in [0.4, 0.5) is 15.3 Å². The number of imidazole rings is 1. The summed E-state index contributed by atoms with van der Waals surface area (Å²) in [6, 6.07) is 6.37. The number of carbonyl (C=O) groups excluding carboxylic acids is 3. The maximum absolute atomic E-state index is 13.3. The molecule has 0 bridgehead atoms. The third-order valence-electron chi connectivity index (χ3n) is 5.96. The van der Waals surface area contributed by atoms with E-state index in [-0.39, 0.29) is 11.9 Å². The topological polar surface area (TPSA) is 103 Å². The molecule has 4 amide bonds. The number of nitrogens with zero attached hydrogens (tertiary/aromatic N) is 5. The molecule has 34 heavy (non-hydrogen) atoms. The Morgan fingerprint density at radius 2 is 1.88 bits per heavy atom. The van der Waals surface area contributed by atoms with Crippen molar-refractivity contribution in [2.24, 2.45) is 0 Å². The van der Waals surface area contributed by atoms with Crippen molar-refractivity contribution >= 4 is 58.0 Å². The van der Waals surface area contributed by atoms with Gasteiger partial charge in [-0.2, -0.15) is 11.8 Å². The average Bonchev–Trinajstić information content (AvgIpc) is 3.37. The van der Waals surface area contributed by atoms with Gasteiger partial charge in [-0.25, -0.2) is 24.1 Å². The van der Waals surface area contributed by atoms with E-state index in [1.807, 2.05) is 42.5 Å². The van der Waals surface area contributed by atoms with Crippen LogP contribution < -0.4 is 10.6 Å². The Kier molecular flexibility index (Phi) is 7.99. The zero-order chi connectivity index (χ0) is 24.2. The summed E-state index contributed by atoms with van der Waals surface area (Å²) in [4.78, 5) is 44.6. The normalized spacial score (nSPS) is 17.0. The quantitative estimate of drug-likeness (QED) is 0.476. The zero-order valence-corrected chi connectivity index (χ0v) is 22.1. The van der Waals surface area contributed by atoms with Crippen molar-refractivity contribution in [3.05, 3.63) is 45.6 Å². The van der Waals surface area contributed by atoms with Crippen molar-refractivity contribution in [2.45, 2.75) is 25.9 Å². The number of amides is 4. The maximum Gasteiger partial charge on any atom is 0.344 e. The molecular formula is C22H28IN7O3S. The number of thioether (sulfide) groups is 1. The van der Waals surface area contributed by atoms with E-state index in [0.717, 1.165) is 15.0 Å². The van der Waals surface area contributed by atoms with Gasteiger partial charge in [-0.1, -0.05) is 0 Å². The fourth-order valence-electron chi connectivity index (χ4n) is 4.15. The smallest absolute Gasteiger partial charge is 0.338 e. The lowest BCUT2D eigenvalue weighted by molar-refractivity contribution is -0.137. The molecule has 0 aliphatic carbocycles. The van der Waals surface area contributed by atoms with Crippen molar-refractivity contribution in [3.8, 4) is 0 Å². The molecule has 1 saturated heterocycles. The second-order valence-corrected chi connectivity index (χ2v) is 10.4. The molecule has 1 aromatic heterocycles. The summed E-state index contributed by atoms with van der Waals surface area (Å²) >= 11 is 3.84. The molecule has 12 heteroatoms. The highest BCUT2D eigenvalue weighted by atomic mass is 127. The number of aromatic nitrogens is 2. The first-order chi connectivity index (χ1) is 16.4. The van der Waals surface area contributed by atoms with Gasteiger partial charge in [0.1, 0.15) is 11.9 Å². The largest absolute Gasteiger partial charge is 0.344 e. The van der Waals surface area contributed by atoms with Gasteiger partial charge in [0.2, 0.25) is 5.91 Å². The van der Waals surface area contributed by atoms with Gasteiger partial charge >= 0.3 is 12.1 Å². The first-order valence-corrected chi connectivity index (χ1v) is 13.6. The zero-order valence-electron chi connectivity index (χ0n) is 19.2. The van der Waals surface area contributed by atoms with Gasteiger partial charge in [-0.05, 0) is 72.2 Å². The number of piperazine rings is 1. The lowest BCUT2D eigenvalue weighted by atomic mass is 10.1. The lowest BCUT2D eigenvalue weighted by Gasteiger charge is -2.39. The number of anilines is 1. The van der Waals surface area contributed by atoms with Crippen molar-refractivity contribution in [1.29, 1.82) is 0 Å². The molecule has 10 nitrogen and oxygen atoms in total. The molecule has 0 saturated carbocycles. The highest BCUT2D eigenvalue weighted by Crippen LogP contribution is 2.21. The highest BCUT2D eigenvalue weighted by Gasteiger charge is 2.36. The molecule has 182 valence electrons. The first-order valence-electron chi connectivity index (χ1n) is 11.1. The van der Waals surface area contributed by atoms with Crippen LogP contribution in [0.1, 0.15) is 17.9 Å². The fraction of sp³-hybridized carbons (Fsp3) is 0.455. The number of aryl methyl sites for hydroxylation is 1. The molecule has 2 aliphatic heterocycles. The Labute approximate surface area is 216 Å². The fourth-order valence-corrected chi connectivity index (χ4v) is 4.98. The number of benzene rings is 1. The van der Waals surface area contributed by atoms with Crippen molar-refractivity contribution in [3.63, 3.8) is 0 Å². The van der Waals surface area contributed by atoms with Crippen LogP contribution in [0.25, 0.3) is 0 Å². The van der Waals surface area contributed by atoms with Gasteiger partial charge in [0, 0.05) is 35.4 Å². The molecule has 3 heterocycles. The van der Waals surface area contributed by atoms with Crippen LogP contribution in [-0.2, 0) is 11.3 Å². The number of halogens is 1.